The predicted octanol–water partition coefficient (Wildman–Crippen LogP) is 2.76. The van der Waals surface area contributed by atoms with Crippen LogP contribution in [-0.4, -0.2) is 19.2 Å². The van der Waals surface area contributed by atoms with Crippen molar-refractivity contribution in [3.63, 3.8) is 0 Å². The zero-order chi connectivity index (χ0) is 13.1. The Bertz CT molecular complexity index is 428. The van der Waals surface area contributed by atoms with E-state index in [2.05, 4.69) is 20.8 Å². The third-order valence-electron chi connectivity index (χ3n) is 2.60. The summed E-state index contributed by atoms with van der Waals surface area (Å²) >= 11 is 0. The van der Waals surface area contributed by atoms with E-state index in [-0.39, 0.29) is 17.6 Å². The lowest BCUT2D eigenvalue weighted by molar-refractivity contribution is -0.107. The standard InChI is InChI=1S/C14H18O3/c1-14(2,3)11-9-10(12(16)7-8-15)5-6-13(11)17-4/h5-6,8-9H,7H2,1-4H3. The smallest absolute Gasteiger partial charge is 0.169 e. The van der Waals surface area contributed by atoms with E-state index in [1.807, 2.05) is 6.07 Å². The molecule has 0 aliphatic heterocycles. The molecule has 0 heterocycles. The zero-order valence-electron chi connectivity index (χ0n) is 10.7. The number of carbonyl (C=O) groups excluding carboxylic acids is 2. The molecular formula is C14H18O3. The first-order valence-electron chi connectivity index (χ1n) is 5.55. The lowest BCUT2D eigenvalue weighted by Crippen LogP contribution is -2.14. The van der Waals surface area contributed by atoms with Crippen LogP contribution in [0.2, 0.25) is 0 Å². The summed E-state index contributed by atoms with van der Waals surface area (Å²) in [6, 6.07) is 5.28. The molecule has 0 fully saturated rings. The highest BCUT2D eigenvalue weighted by molar-refractivity contribution is 6.02. The summed E-state index contributed by atoms with van der Waals surface area (Å²) in [5.41, 5.74) is 1.42. The first-order chi connectivity index (χ1) is 7.90. The van der Waals surface area contributed by atoms with Crippen molar-refractivity contribution >= 4 is 12.1 Å². The summed E-state index contributed by atoms with van der Waals surface area (Å²) in [7, 11) is 1.61. The average Bonchev–Trinajstić information content (AvgIpc) is 2.27. The molecule has 92 valence electrons. The molecule has 0 aromatic heterocycles. The number of hydrogen-bond acceptors (Lipinski definition) is 3. The van der Waals surface area contributed by atoms with E-state index in [0.29, 0.717) is 11.8 Å². The Hall–Kier alpha value is -1.64. The van der Waals surface area contributed by atoms with Gasteiger partial charge in [-0.25, -0.2) is 0 Å². The number of ketones is 1. The fourth-order valence-electron chi connectivity index (χ4n) is 1.66. The highest BCUT2D eigenvalue weighted by atomic mass is 16.5. The van der Waals surface area contributed by atoms with Crippen LogP contribution in [0.3, 0.4) is 0 Å². The first-order valence-corrected chi connectivity index (χ1v) is 5.55. The van der Waals surface area contributed by atoms with Gasteiger partial charge in [0.05, 0.1) is 13.5 Å². The van der Waals surface area contributed by atoms with Crippen molar-refractivity contribution in [2.45, 2.75) is 32.6 Å². The second-order valence-electron chi connectivity index (χ2n) is 4.96. The minimum Gasteiger partial charge on any atom is -0.496 e. The number of rotatable bonds is 4. The minimum absolute atomic E-state index is 0.0735. The SMILES string of the molecule is COc1ccc(C(=O)CC=O)cc1C(C)(C)C. The number of hydrogen-bond donors (Lipinski definition) is 0. The highest BCUT2D eigenvalue weighted by Crippen LogP contribution is 2.32. The Morgan fingerprint density at radius 1 is 1.35 bits per heavy atom. The molecule has 3 nitrogen and oxygen atoms in total. The van der Waals surface area contributed by atoms with Crippen LogP contribution in [-0.2, 0) is 10.2 Å². The molecule has 0 aliphatic carbocycles. The second kappa shape index (κ2) is 5.13. The van der Waals surface area contributed by atoms with E-state index >= 15 is 0 Å². The normalized spacial score (nSPS) is 11.1. The first kappa shape index (κ1) is 13.4. The number of carbonyl (C=O) groups is 2. The lowest BCUT2D eigenvalue weighted by atomic mass is 9.85. The summed E-state index contributed by atoms with van der Waals surface area (Å²) < 4.78 is 5.29. The van der Waals surface area contributed by atoms with Gasteiger partial charge < -0.3 is 9.53 Å². The predicted molar refractivity (Wildman–Crippen MR) is 66.7 cm³/mol. The van der Waals surface area contributed by atoms with Gasteiger partial charge in [0.15, 0.2) is 5.78 Å². The van der Waals surface area contributed by atoms with Gasteiger partial charge in [0, 0.05) is 11.1 Å². The van der Waals surface area contributed by atoms with E-state index in [0.717, 1.165) is 11.3 Å². The molecule has 0 saturated heterocycles. The highest BCUT2D eigenvalue weighted by Gasteiger charge is 2.20. The van der Waals surface area contributed by atoms with Gasteiger partial charge in [0.25, 0.3) is 0 Å². The molecular weight excluding hydrogens is 216 g/mol. The summed E-state index contributed by atoms with van der Waals surface area (Å²) in [5.74, 6) is 0.605. The van der Waals surface area contributed by atoms with Crippen molar-refractivity contribution in [2.75, 3.05) is 7.11 Å². The third-order valence-corrected chi connectivity index (χ3v) is 2.60. The van der Waals surface area contributed by atoms with Crippen molar-refractivity contribution in [1.82, 2.24) is 0 Å². The Balaban J connectivity index is 3.22. The van der Waals surface area contributed by atoms with E-state index in [1.54, 1.807) is 19.2 Å². The van der Waals surface area contributed by atoms with Crippen LogP contribution in [0.4, 0.5) is 0 Å². The summed E-state index contributed by atoms with van der Waals surface area (Å²) in [6.07, 6.45) is 0.555. The quantitative estimate of drug-likeness (QED) is 0.457. The molecule has 0 unspecified atom stereocenters. The maximum atomic E-state index is 11.7. The third kappa shape index (κ3) is 3.16. The van der Waals surface area contributed by atoms with E-state index in [4.69, 9.17) is 4.74 Å². The summed E-state index contributed by atoms with van der Waals surface area (Å²) in [5, 5.41) is 0. The summed E-state index contributed by atoms with van der Waals surface area (Å²) in [4.78, 5) is 22.0. The number of methoxy groups -OCH3 is 1. The molecule has 0 amide bonds. The molecule has 0 radical (unpaired) electrons. The Kier molecular flexibility index (Phi) is 4.05. The molecule has 1 aromatic carbocycles. The Morgan fingerprint density at radius 2 is 2.00 bits per heavy atom. The van der Waals surface area contributed by atoms with E-state index in [9.17, 15) is 9.59 Å². The molecule has 0 saturated carbocycles. The van der Waals surface area contributed by atoms with Crippen molar-refractivity contribution in [1.29, 1.82) is 0 Å². The molecule has 0 bridgehead atoms. The van der Waals surface area contributed by atoms with E-state index < -0.39 is 0 Å². The van der Waals surface area contributed by atoms with Crippen LogP contribution in [0.1, 0.15) is 43.1 Å². The van der Waals surface area contributed by atoms with Gasteiger partial charge >= 0.3 is 0 Å². The van der Waals surface area contributed by atoms with Crippen molar-refractivity contribution in [3.8, 4) is 5.75 Å². The van der Waals surface area contributed by atoms with Gasteiger partial charge in [-0.1, -0.05) is 20.8 Å². The van der Waals surface area contributed by atoms with Crippen LogP contribution < -0.4 is 4.74 Å². The topological polar surface area (TPSA) is 43.4 Å². The van der Waals surface area contributed by atoms with Gasteiger partial charge in [-0.3, -0.25) is 4.79 Å². The van der Waals surface area contributed by atoms with Crippen LogP contribution in [0.5, 0.6) is 5.75 Å². The van der Waals surface area contributed by atoms with Gasteiger partial charge in [0.2, 0.25) is 0 Å². The van der Waals surface area contributed by atoms with E-state index in [1.165, 1.54) is 0 Å². The molecule has 3 heteroatoms. The monoisotopic (exact) mass is 234 g/mol. The number of aldehydes is 1. The zero-order valence-corrected chi connectivity index (χ0v) is 10.7. The maximum Gasteiger partial charge on any atom is 0.169 e. The Labute approximate surface area is 102 Å². The van der Waals surface area contributed by atoms with Gasteiger partial charge in [-0.05, 0) is 23.6 Å². The number of benzene rings is 1. The van der Waals surface area contributed by atoms with Crippen LogP contribution in [0.15, 0.2) is 18.2 Å². The lowest BCUT2D eigenvalue weighted by Gasteiger charge is -2.22. The van der Waals surface area contributed by atoms with Crippen LogP contribution >= 0.6 is 0 Å². The Morgan fingerprint density at radius 3 is 2.47 bits per heavy atom. The number of Topliss-reactive ketones (excluding diaryl/α,β-unsaturated/α-hetero) is 1. The van der Waals surface area contributed by atoms with Gasteiger partial charge in [0.1, 0.15) is 12.0 Å². The van der Waals surface area contributed by atoms with Gasteiger partial charge in [-0.15, -0.1) is 0 Å². The maximum absolute atomic E-state index is 11.7. The largest absolute Gasteiger partial charge is 0.496 e. The van der Waals surface area contributed by atoms with Crippen LogP contribution in [0.25, 0.3) is 0 Å². The molecule has 0 atom stereocenters. The molecule has 0 N–H and O–H groups in total. The fourth-order valence-corrected chi connectivity index (χ4v) is 1.66. The molecule has 17 heavy (non-hydrogen) atoms. The number of ether oxygens (including phenoxy) is 1. The fraction of sp³-hybridized carbons (Fsp3) is 0.429. The van der Waals surface area contributed by atoms with Crippen molar-refractivity contribution < 1.29 is 14.3 Å². The average molecular weight is 234 g/mol. The molecule has 0 aliphatic rings. The van der Waals surface area contributed by atoms with Gasteiger partial charge in [-0.2, -0.15) is 0 Å². The second-order valence-corrected chi connectivity index (χ2v) is 4.96. The van der Waals surface area contributed by atoms with Crippen molar-refractivity contribution in [3.05, 3.63) is 29.3 Å². The molecule has 1 rings (SSSR count). The van der Waals surface area contributed by atoms with Crippen molar-refractivity contribution in [2.24, 2.45) is 0 Å². The minimum atomic E-state index is -0.159. The molecule has 1 aromatic rings. The molecule has 0 spiro atoms. The van der Waals surface area contributed by atoms with Crippen LogP contribution in [0, 0.1) is 0 Å². The summed E-state index contributed by atoms with van der Waals surface area (Å²) in [6.45, 7) is 6.16.